The van der Waals surface area contributed by atoms with E-state index in [4.69, 9.17) is 9.47 Å². The first kappa shape index (κ1) is 23.8. The molecule has 1 amide bonds. The number of ether oxygens (including phenoxy) is 2. The molecular weight excluding hydrogens is 426 g/mol. The van der Waals surface area contributed by atoms with Crippen LogP contribution >= 0.6 is 22.7 Å². The number of esters is 2. The van der Waals surface area contributed by atoms with E-state index in [1.54, 1.807) is 24.4 Å². The predicted octanol–water partition coefficient (Wildman–Crippen LogP) is 4.33. The van der Waals surface area contributed by atoms with E-state index in [1.807, 2.05) is 19.2 Å². The van der Waals surface area contributed by atoms with Crippen LogP contribution in [0.1, 0.15) is 59.2 Å². The quantitative estimate of drug-likeness (QED) is 0.403. The minimum Gasteiger partial charge on any atom is -0.462 e. The second kappa shape index (κ2) is 11.6. The maximum atomic E-state index is 12.3. The number of hydrogen-bond donors (Lipinski definition) is 1. The van der Waals surface area contributed by atoms with Crippen molar-refractivity contribution in [3.63, 3.8) is 0 Å². The summed E-state index contributed by atoms with van der Waals surface area (Å²) >= 11 is 2.54. The average molecular weight is 452 g/mol. The predicted molar refractivity (Wildman–Crippen MR) is 116 cm³/mol. The van der Waals surface area contributed by atoms with Crippen molar-refractivity contribution in [2.24, 2.45) is 5.92 Å². The van der Waals surface area contributed by atoms with E-state index >= 15 is 0 Å². The van der Waals surface area contributed by atoms with Gasteiger partial charge in [-0.1, -0.05) is 19.9 Å². The third-order valence-electron chi connectivity index (χ3n) is 3.94. The van der Waals surface area contributed by atoms with E-state index in [9.17, 15) is 19.2 Å². The molecule has 0 bridgehead atoms. The molecule has 9 heteroatoms. The van der Waals surface area contributed by atoms with E-state index in [1.165, 1.54) is 22.7 Å². The molecular formula is C21H25NO6S2. The van der Waals surface area contributed by atoms with Gasteiger partial charge in [0.25, 0.3) is 5.91 Å². The Morgan fingerprint density at radius 3 is 2.50 bits per heavy atom. The average Bonchev–Trinajstić information content (AvgIpc) is 3.35. The molecule has 2 heterocycles. The molecule has 0 atom stereocenters. The van der Waals surface area contributed by atoms with Gasteiger partial charge in [0.2, 0.25) is 0 Å². The lowest BCUT2D eigenvalue weighted by molar-refractivity contribution is -0.147. The highest BCUT2D eigenvalue weighted by Gasteiger charge is 2.22. The van der Waals surface area contributed by atoms with Crippen LogP contribution in [0.15, 0.2) is 22.9 Å². The summed E-state index contributed by atoms with van der Waals surface area (Å²) in [5, 5.41) is 6.61. The molecule has 0 fully saturated rings. The molecule has 0 saturated heterocycles. The van der Waals surface area contributed by atoms with Crippen molar-refractivity contribution in [1.29, 1.82) is 0 Å². The Balaban J connectivity index is 1.89. The second-order valence-corrected chi connectivity index (χ2v) is 8.72. The van der Waals surface area contributed by atoms with Gasteiger partial charge >= 0.3 is 11.9 Å². The van der Waals surface area contributed by atoms with Crippen LogP contribution < -0.4 is 5.32 Å². The third kappa shape index (κ3) is 7.07. The van der Waals surface area contributed by atoms with Crippen LogP contribution in [-0.4, -0.2) is 36.8 Å². The summed E-state index contributed by atoms with van der Waals surface area (Å²) in [5.74, 6) is -1.49. The molecule has 0 aromatic carbocycles. The Morgan fingerprint density at radius 1 is 1.10 bits per heavy atom. The topological polar surface area (TPSA) is 98.8 Å². The van der Waals surface area contributed by atoms with Gasteiger partial charge in [0.05, 0.1) is 23.5 Å². The Bertz CT molecular complexity index is 885. The molecule has 30 heavy (non-hydrogen) atoms. The van der Waals surface area contributed by atoms with Crippen LogP contribution in [0.4, 0.5) is 5.00 Å². The lowest BCUT2D eigenvalue weighted by Crippen LogP contribution is -2.22. The van der Waals surface area contributed by atoms with Crippen molar-refractivity contribution in [1.82, 2.24) is 0 Å². The number of nitrogens with one attached hydrogen (secondary N) is 1. The van der Waals surface area contributed by atoms with Gasteiger partial charge in [0.1, 0.15) is 5.00 Å². The van der Waals surface area contributed by atoms with Gasteiger partial charge in [-0.3, -0.25) is 14.4 Å². The Kier molecular flexibility index (Phi) is 9.19. The molecule has 0 aliphatic rings. The highest BCUT2D eigenvalue weighted by Crippen LogP contribution is 2.31. The van der Waals surface area contributed by atoms with Gasteiger partial charge < -0.3 is 14.8 Å². The molecule has 1 N–H and O–H groups in total. The van der Waals surface area contributed by atoms with Crippen LogP contribution in [0, 0.1) is 5.92 Å². The number of rotatable bonds is 11. The highest BCUT2D eigenvalue weighted by molar-refractivity contribution is 7.15. The van der Waals surface area contributed by atoms with Gasteiger partial charge in [-0.15, -0.1) is 22.7 Å². The van der Waals surface area contributed by atoms with Gasteiger partial charge in [-0.25, -0.2) is 4.79 Å². The van der Waals surface area contributed by atoms with Crippen molar-refractivity contribution in [3.05, 3.63) is 38.9 Å². The minimum absolute atomic E-state index is 0.0253. The van der Waals surface area contributed by atoms with E-state index in [-0.39, 0.29) is 25.2 Å². The van der Waals surface area contributed by atoms with Crippen LogP contribution in [-0.2, 0) is 25.5 Å². The SMILES string of the molecule is CCOC(=O)c1c(CC(C)C)csc1NC(=O)COC(=O)CCC(=O)c1cccs1. The van der Waals surface area contributed by atoms with Crippen LogP contribution in [0.5, 0.6) is 0 Å². The molecule has 2 aromatic rings. The molecule has 2 rings (SSSR count). The Labute approximate surface area is 183 Å². The zero-order valence-corrected chi connectivity index (χ0v) is 18.8. The van der Waals surface area contributed by atoms with Crippen molar-refractivity contribution in [2.75, 3.05) is 18.5 Å². The molecule has 0 radical (unpaired) electrons. The first-order valence-corrected chi connectivity index (χ1v) is 11.4. The first-order chi connectivity index (χ1) is 14.3. The highest BCUT2D eigenvalue weighted by atomic mass is 32.1. The maximum Gasteiger partial charge on any atom is 0.341 e. The number of thiophene rings is 2. The monoisotopic (exact) mass is 451 g/mol. The summed E-state index contributed by atoms with van der Waals surface area (Å²) in [6, 6.07) is 3.46. The fourth-order valence-electron chi connectivity index (χ4n) is 2.66. The Morgan fingerprint density at radius 2 is 1.87 bits per heavy atom. The van der Waals surface area contributed by atoms with E-state index in [0.717, 1.165) is 5.56 Å². The summed E-state index contributed by atoms with van der Waals surface area (Å²) in [7, 11) is 0. The largest absolute Gasteiger partial charge is 0.462 e. The van der Waals surface area contributed by atoms with Crippen molar-refractivity contribution in [3.8, 4) is 0 Å². The summed E-state index contributed by atoms with van der Waals surface area (Å²) < 4.78 is 10.1. The first-order valence-electron chi connectivity index (χ1n) is 9.61. The van der Waals surface area contributed by atoms with E-state index in [0.29, 0.717) is 27.8 Å². The number of anilines is 1. The molecule has 0 aliphatic heterocycles. The fraction of sp³-hybridized carbons (Fsp3) is 0.429. The molecule has 7 nitrogen and oxygen atoms in total. The molecule has 0 spiro atoms. The number of carbonyl (C=O) groups excluding carboxylic acids is 4. The summed E-state index contributed by atoms with van der Waals surface area (Å²) in [6.07, 6.45) is 0.598. The van der Waals surface area contributed by atoms with Crippen LogP contribution in [0.3, 0.4) is 0 Å². The molecule has 162 valence electrons. The minimum atomic E-state index is -0.632. The number of Topliss-reactive ketones (excluding diaryl/α,β-unsaturated/α-hetero) is 1. The maximum absolute atomic E-state index is 12.3. The van der Waals surface area contributed by atoms with Gasteiger partial charge in [-0.05, 0) is 41.7 Å². The van der Waals surface area contributed by atoms with Crippen molar-refractivity contribution in [2.45, 2.75) is 40.0 Å². The van der Waals surface area contributed by atoms with Gasteiger partial charge in [0, 0.05) is 6.42 Å². The summed E-state index contributed by atoms with van der Waals surface area (Å²) in [5.41, 5.74) is 1.16. The van der Waals surface area contributed by atoms with E-state index < -0.39 is 24.5 Å². The Hall–Kier alpha value is -2.52. The molecule has 2 aromatic heterocycles. The lowest BCUT2D eigenvalue weighted by Gasteiger charge is -2.10. The summed E-state index contributed by atoms with van der Waals surface area (Å²) in [6.45, 7) is 5.52. The molecule has 0 unspecified atom stereocenters. The van der Waals surface area contributed by atoms with Gasteiger partial charge in [0.15, 0.2) is 12.4 Å². The smallest absolute Gasteiger partial charge is 0.341 e. The molecule has 0 aliphatic carbocycles. The van der Waals surface area contributed by atoms with Crippen LogP contribution in [0.25, 0.3) is 0 Å². The zero-order valence-electron chi connectivity index (χ0n) is 17.2. The summed E-state index contributed by atoms with van der Waals surface area (Å²) in [4.78, 5) is 48.9. The standard InChI is InChI=1S/C21H25NO6S2/c1-4-27-21(26)19-14(10-13(2)3)12-30-20(19)22-17(24)11-28-18(25)8-7-15(23)16-6-5-9-29-16/h5-6,9,12-13H,4,7-8,10-11H2,1-3H3,(H,22,24). The fourth-order valence-corrected chi connectivity index (χ4v) is 4.33. The number of amides is 1. The number of hydrogen-bond acceptors (Lipinski definition) is 8. The van der Waals surface area contributed by atoms with Crippen LogP contribution in [0.2, 0.25) is 0 Å². The number of ketones is 1. The zero-order chi connectivity index (χ0) is 22.1. The van der Waals surface area contributed by atoms with Gasteiger partial charge in [-0.2, -0.15) is 0 Å². The third-order valence-corrected chi connectivity index (χ3v) is 5.80. The molecule has 0 saturated carbocycles. The second-order valence-electron chi connectivity index (χ2n) is 6.89. The normalized spacial score (nSPS) is 10.7. The van der Waals surface area contributed by atoms with Crippen molar-refractivity contribution >= 4 is 51.3 Å². The number of carbonyl (C=O) groups is 4. The lowest BCUT2D eigenvalue weighted by atomic mass is 10.0. The van der Waals surface area contributed by atoms with Crippen molar-refractivity contribution < 1.29 is 28.7 Å². The van der Waals surface area contributed by atoms with E-state index in [2.05, 4.69) is 5.32 Å².